The summed E-state index contributed by atoms with van der Waals surface area (Å²) >= 11 is 12.1. The van der Waals surface area contributed by atoms with Gasteiger partial charge in [0.1, 0.15) is 5.69 Å². The predicted octanol–water partition coefficient (Wildman–Crippen LogP) is 6.77. The highest BCUT2D eigenvalue weighted by molar-refractivity contribution is 6.42. The molecule has 0 radical (unpaired) electrons. The van der Waals surface area contributed by atoms with E-state index in [2.05, 4.69) is 10.5 Å². The third-order valence-electron chi connectivity index (χ3n) is 4.54. The second-order valence-electron chi connectivity index (χ2n) is 6.62. The van der Waals surface area contributed by atoms with Gasteiger partial charge in [-0.15, -0.1) is 0 Å². The number of halogens is 5. The van der Waals surface area contributed by atoms with E-state index >= 15 is 0 Å². The van der Waals surface area contributed by atoms with Crippen molar-refractivity contribution in [3.8, 4) is 5.69 Å². The zero-order valence-electron chi connectivity index (χ0n) is 16.2. The van der Waals surface area contributed by atoms with E-state index < -0.39 is 22.4 Å². The van der Waals surface area contributed by atoms with Crippen molar-refractivity contribution in [3.05, 3.63) is 85.1 Å². The number of hydrogen-bond donors (Lipinski definition) is 1. The third kappa shape index (κ3) is 4.83. The van der Waals surface area contributed by atoms with Crippen LogP contribution in [-0.4, -0.2) is 15.7 Å². The van der Waals surface area contributed by atoms with E-state index in [4.69, 9.17) is 23.2 Å². The minimum absolute atomic E-state index is 0.160. The molecule has 0 aliphatic carbocycles. The maximum absolute atomic E-state index is 12.8. The van der Waals surface area contributed by atoms with E-state index in [9.17, 15) is 23.3 Å². The lowest BCUT2D eigenvalue weighted by Crippen LogP contribution is -2.06. The van der Waals surface area contributed by atoms with E-state index in [0.717, 1.165) is 29.2 Å². The molecule has 1 aromatic heterocycles. The molecule has 0 saturated carbocycles. The Labute approximate surface area is 185 Å². The van der Waals surface area contributed by atoms with Crippen LogP contribution in [0.2, 0.25) is 10.0 Å². The number of anilines is 1. The zero-order chi connectivity index (χ0) is 22.9. The van der Waals surface area contributed by atoms with Crippen LogP contribution in [0.5, 0.6) is 0 Å². The minimum Gasteiger partial charge on any atom is -0.318 e. The molecule has 0 fully saturated rings. The Morgan fingerprint density at radius 1 is 1.10 bits per heavy atom. The van der Waals surface area contributed by atoms with Gasteiger partial charge < -0.3 is 4.57 Å². The van der Waals surface area contributed by atoms with E-state index in [1.54, 1.807) is 18.2 Å². The summed E-state index contributed by atoms with van der Waals surface area (Å²) in [4.78, 5) is 10.3. The van der Waals surface area contributed by atoms with Gasteiger partial charge in [-0.2, -0.15) is 18.3 Å². The molecule has 31 heavy (non-hydrogen) atoms. The smallest absolute Gasteiger partial charge is 0.318 e. The number of hydrazone groups is 1. The number of nitro benzene ring substituents is 1. The van der Waals surface area contributed by atoms with Crippen molar-refractivity contribution >= 4 is 40.8 Å². The van der Waals surface area contributed by atoms with Crippen molar-refractivity contribution in [1.82, 2.24) is 4.57 Å². The van der Waals surface area contributed by atoms with E-state index in [1.165, 1.54) is 6.21 Å². The van der Waals surface area contributed by atoms with Crippen molar-refractivity contribution in [2.45, 2.75) is 20.0 Å². The number of nitrogens with zero attached hydrogens (tertiary/aromatic N) is 3. The molecule has 0 aliphatic heterocycles. The van der Waals surface area contributed by atoms with Crippen LogP contribution in [0.15, 0.2) is 47.6 Å². The number of nitrogens with one attached hydrogen (secondary N) is 1. The molecule has 0 atom stereocenters. The van der Waals surface area contributed by atoms with Gasteiger partial charge in [-0.25, -0.2) is 0 Å². The predicted molar refractivity (Wildman–Crippen MR) is 115 cm³/mol. The highest BCUT2D eigenvalue weighted by Gasteiger charge is 2.33. The molecule has 6 nitrogen and oxygen atoms in total. The summed E-state index contributed by atoms with van der Waals surface area (Å²) < 4.78 is 40.4. The Hall–Kier alpha value is -3.04. The molecule has 162 valence electrons. The summed E-state index contributed by atoms with van der Waals surface area (Å²) in [6.45, 7) is 3.72. The van der Waals surface area contributed by atoms with Gasteiger partial charge in [-0.3, -0.25) is 15.5 Å². The zero-order valence-corrected chi connectivity index (χ0v) is 17.7. The quantitative estimate of drug-likeness (QED) is 0.254. The van der Waals surface area contributed by atoms with Gasteiger partial charge in [0.05, 0.1) is 26.7 Å². The SMILES string of the molecule is Cc1cc(/C=N/Nc2ccc(C(F)(F)F)cc2[N+](=O)[O-])c(C)n1-c1ccc(Cl)c(Cl)c1. The first kappa shape index (κ1) is 22.6. The number of aryl methyl sites for hydroxylation is 1. The van der Waals surface area contributed by atoms with Crippen LogP contribution in [0.4, 0.5) is 24.5 Å². The summed E-state index contributed by atoms with van der Waals surface area (Å²) in [5.74, 6) is 0. The first-order valence-electron chi connectivity index (χ1n) is 8.78. The molecule has 1 heterocycles. The minimum atomic E-state index is -4.69. The fourth-order valence-corrected chi connectivity index (χ4v) is 3.36. The van der Waals surface area contributed by atoms with Crippen LogP contribution in [0.1, 0.15) is 22.5 Å². The van der Waals surface area contributed by atoms with Crippen molar-refractivity contribution in [2.75, 3.05) is 5.43 Å². The van der Waals surface area contributed by atoms with Crippen molar-refractivity contribution in [2.24, 2.45) is 5.10 Å². The molecule has 11 heteroatoms. The summed E-state index contributed by atoms with van der Waals surface area (Å²) in [7, 11) is 0. The molecule has 0 aliphatic rings. The Balaban J connectivity index is 1.88. The molecule has 0 spiro atoms. The van der Waals surface area contributed by atoms with Crippen molar-refractivity contribution in [3.63, 3.8) is 0 Å². The van der Waals surface area contributed by atoms with Gasteiger partial charge in [0.2, 0.25) is 0 Å². The van der Waals surface area contributed by atoms with Gasteiger partial charge in [0.25, 0.3) is 5.69 Å². The highest BCUT2D eigenvalue weighted by atomic mass is 35.5. The Morgan fingerprint density at radius 3 is 2.42 bits per heavy atom. The number of nitro groups is 1. The summed E-state index contributed by atoms with van der Waals surface area (Å²) in [6, 6.07) is 9.22. The Morgan fingerprint density at radius 2 is 1.81 bits per heavy atom. The summed E-state index contributed by atoms with van der Waals surface area (Å²) in [5.41, 5.74) is 3.62. The molecule has 3 rings (SSSR count). The molecule has 0 unspecified atom stereocenters. The lowest BCUT2D eigenvalue weighted by atomic mass is 10.1. The fourth-order valence-electron chi connectivity index (χ4n) is 3.06. The molecule has 2 aromatic carbocycles. The van der Waals surface area contributed by atoms with Gasteiger partial charge in [-0.1, -0.05) is 23.2 Å². The van der Waals surface area contributed by atoms with E-state index in [0.29, 0.717) is 21.7 Å². The summed E-state index contributed by atoms with van der Waals surface area (Å²) in [5, 5.41) is 16.0. The largest absolute Gasteiger partial charge is 0.416 e. The number of alkyl halides is 3. The lowest BCUT2D eigenvalue weighted by Gasteiger charge is -2.10. The normalized spacial score (nSPS) is 11.8. The van der Waals surface area contributed by atoms with Gasteiger partial charge in [0.15, 0.2) is 0 Å². The topological polar surface area (TPSA) is 72.5 Å². The van der Waals surface area contributed by atoms with Crippen molar-refractivity contribution < 1.29 is 18.1 Å². The first-order valence-corrected chi connectivity index (χ1v) is 9.53. The number of aromatic nitrogens is 1. The average molecular weight is 471 g/mol. The molecule has 0 bridgehead atoms. The Bertz CT molecular complexity index is 1190. The molecular weight excluding hydrogens is 456 g/mol. The summed E-state index contributed by atoms with van der Waals surface area (Å²) in [6.07, 6.45) is -3.26. The molecule has 0 amide bonds. The molecular formula is C20H15Cl2F3N4O2. The second kappa shape index (κ2) is 8.60. The molecule has 0 saturated heterocycles. The van der Waals surface area contributed by atoms with Crippen LogP contribution >= 0.6 is 23.2 Å². The van der Waals surface area contributed by atoms with E-state index in [1.807, 2.05) is 24.5 Å². The van der Waals surface area contributed by atoms with Crippen molar-refractivity contribution in [1.29, 1.82) is 0 Å². The first-order chi connectivity index (χ1) is 14.5. The standard InChI is InChI=1S/C20H15Cl2F3N4O2/c1-11-7-13(12(2)28(11)15-4-5-16(21)17(22)9-15)10-26-27-18-6-3-14(20(23,24)25)8-19(18)29(30)31/h3-10,27H,1-2H3/b26-10+. The number of benzene rings is 2. The maximum atomic E-state index is 12.8. The number of hydrogen-bond acceptors (Lipinski definition) is 4. The van der Waals surface area contributed by atoms with Crippen LogP contribution in [0.25, 0.3) is 5.69 Å². The monoisotopic (exact) mass is 470 g/mol. The van der Waals surface area contributed by atoms with Crippen LogP contribution in [0, 0.1) is 24.0 Å². The third-order valence-corrected chi connectivity index (χ3v) is 5.28. The van der Waals surface area contributed by atoms with Gasteiger partial charge >= 0.3 is 6.18 Å². The van der Waals surface area contributed by atoms with Crippen LogP contribution < -0.4 is 5.43 Å². The Kier molecular flexibility index (Phi) is 6.28. The highest BCUT2D eigenvalue weighted by Crippen LogP contribution is 2.35. The number of rotatable bonds is 5. The van der Waals surface area contributed by atoms with Gasteiger partial charge in [0, 0.05) is 28.7 Å². The maximum Gasteiger partial charge on any atom is 0.416 e. The van der Waals surface area contributed by atoms with E-state index in [-0.39, 0.29) is 5.69 Å². The average Bonchev–Trinajstić information content (AvgIpc) is 2.96. The second-order valence-corrected chi connectivity index (χ2v) is 7.43. The molecule has 1 N–H and O–H groups in total. The van der Waals surface area contributed by atoms with Gasteiger partial charge in [-0.05, 0) is 50.2 Å². The lowest BCUT2D eigenvalue weighted by molar-refractivity contribution is -0.384. The fraction of sp³-hybridized carbons (Fsp3) is 0.150. The van der Waals surface area contributed by atoms with Crippen LogP contribution in [0.3, 0.4) is 0 Å². The van der Waals surface area contributed by atoms with Crippen LogP contribution in [-0.2, 0) is 6.18 Å². The molecule has 3 aromatic rings.